The third-order valence-corrected chi connectivity index (χ3v) is 3.93. The maximum Gasteiger partial charge on any atom is 0.229 e. The number of rotatable bonds is 1. The molecule has 4 rings (SSSR count). The number of amides is 1. The summed E-state index contributed by atoms with van der Waals surface area (Å²) in [5, 5.41) is 3.38. The van der Waals surface area contributed by atoms with Crippen LogP contribution in [0.25, 0.3) is 0 Å². The van der Waals surface area contributed by atoms with Crippen LogP contribution < -0.4 is 5.32 Å². The molecule has 15 heavy (non-hydrogen) atoms. The average Bonchev–Trinajstić information content (AvgIpc) is 3.00. The quantitative estimate of drug-likeness (QED) is 0.688. The Hall–Kier alpha value is -0.640. The first-order valence-corrected chi connectivity index (χ1v) is 5.91. The highest BCUT2D eigenvalue weighted by Crippen LogP contribution is 2.37. The van der Waals surface area contributed by atoms with E-state index in [4.69, 9.17) is 0 Å². The number of hydrogen-bond donors (Lipinski definition) is 1. The van der Waals surface area contributed by atoms with Crippen molar-refractivity contribution >= 4 is 5.91 Å². The topological polar surface area (TPSA) is 32.3 Å². The van der Waals surface area contributed by atoms with Crippen LogP contribution in [0.4, 0.5) is 4.39 Å². The molecule has 4 heteroatoms. The van der Waals surface area contributed by atoms with Gasteiger partial charge in [-0.15, -0.1) is 0 Å². The van der Waals surface area contributed by atoms with E-state index in [0.29, 0.717) is 18.4 Å². The van der Waals surface area contributed by atoms with Crippen LogP contribution in [0.3, 0.4) is 0 Å². The second-order valence-electron chi connectivity index (χ2n) is 5.10. The summed E-state index contributed by atoms with van der Waals surface area (Å²) in [6, 6.07) is 0.323. The molecule has 1 aliphatic carbocycles. The van der Waals surface area contributed by atoms with E-state index in [1.54, 1.807) is 0 Å². The van der Waals surface area contributed by atoms with Gasteiger partial charge in [0.05, 0.1) is 5.92 Å². The lowest BCUT2D eigenvalue weighted by Gasteiger charge is -2.36. The molecular formula is C11H17FN2O. The molecule has 1 N–H and O–H groups in total. The van der Waals surface area contributed by atoms with Crippen LogP contribution in [0.2, 0.25) is 0 Å². The fraction of sp³-hybridized carbons (Fsp3) is 0.909. The van der Waals surface area contributed by atoms with Crippen LogP contribution in [-0.2, 0) is 4.79 Å². The van der Waals surface area contributed by atoms with Crippen molar-refractivity contribution in [1.82, 2.24) is 10.2 Å². The average molecular weight is 212 g/mol. The van der Waals surface area contributed by atoms with Gasteiger partial charge < -0.3 is 10.2 Å². The summed E-state index contributed by atoms with van der Waals surface area (Å²) < 4.78 is 12.9. The normalized spacial score (nSPS) is 43.9. The number of carbonyl (C=O) groups is 1. The highest BCUT2D eigenvalue weighted by Gasteiger charge is 2.48. The van der Waals surface area contributed by atoms with Crippen molar-refractivity contribution < 1.29 is 9.18 Å². The Morgan fingerprint density at radius 1 is 1.33 bits per heavy atom. The standard InChI is InChI=1S/C11H17FN2O/c12-10-3-9(10)11(15)14-6-7-1-2-8(14)5-13-4-7/h7-10,13H,1-6H2/t7-,8?,9?,10?/m1/s1. The molecule has 3 heterocycles. The lowest BCUT2D eigenvalue weighted by atomic mass is 9.94. The minimum Gasteiger partial charge on any atom is -0.338 e. The van der Waals surface area contributed by atoms with E-state index >= 15 is 0 Å². The Kier molecular flexibility index (Phi) is 2.20. The van der Waals surface area contributed by atoms with Crippen molar-refractivity contribution in [1.29, 1.82) is 0 Å². The number of piperidine rings is 1. The predicted octanol–water partition coefficient (Wildman–Crippen LogP) is 0.555. The minimum atomic E-state index is -0.854. The fourth-order valence-corrected chi connectivity index (χ4v) is 2.84. The molecule has 4 fully saturated rings. The monoisotopic (exact) mass is 212 g/mol. The van der Waals surface area contributed by atoms with Crippen molar-refractivity contribution in [3.63, 3.8) is 0 Å². The maximum absolute atomic E-state index is 12.9. The first-order valence-electron chi connectivity index (χ1n) is 5.91. The SMILES string of the molecule is O=C(C1CC1F)N1C[C@@H]2CCC1CNC2. The highest BCUT2D eigenvalue weighted by atomic mass is 19.1. The van der Waals surface area contributed by atoms with Gasteiger partial charge in [-0.2, -0.15) is 0 Å². The number of fused-ring (bicyclic) bond motifs is 4. The number of hydrogen-bond acceptors (Lipinski definition) is 2. The van der Waals surface area contributed by atoms with Gasteiger partial charge in [0.15, 0.2) is 0 Å². The summed E-state index contributed by atoms with van der Waals surface area (Å²) in [6.45, 7) is 2.76. The molecule has 4 aliphatic rings. The number of carbonyl (C=O) groups excluding carboxylic acids is 1. The smallest absolute Gasteiger partial charge is 0.229 e. The molecule has 0 spiro atoms. The van der Waals surface area contributed by atoms with E-state index in [2.05, 4.69) is 5.32 Å². The summed E-state index contributed by atoms with van der Waals surface area (Å²) in [7, 11) is 0. The minimum absolute atomic E-state index is 0.0703. The largest absolute Gasteiger partial charge is 0.338 e. The molecule has 3 aliphatic heterocycles. The van der Waals surface area contributed by atoms with Gasteiger partial charge in [0, 0.05) is 19.1 Å². The highest BCUT2D eigenvalue weighted by molar-refractivity contribution is 5.82. The Morgan fingerprint density at radius 3 is 2.87 bits per heavy atom. The number of alkyl halides is 1. The van der Waals surface area contributed by atoms with Gasteiger partial charge >= 0.3 is 0 Å². The van der Waals surface area contributed by atoms with E-state index in [-0.39, 0.29) is 11.8 Å². The second kappa shape index (κ2) is 3.44. The molecule has 0 radical (unpaired) electrons. The molecule has 1 saturated carbocycles. The molecular weight excluding hydrogens is 195 g/mol. The molecule has 0 aromatic rings. The Labute approximate surface area is 89.0 Å². The molecule has 4 atom stereocenters. The van der Waals surface area contributed by atoms with Crippen LogP contribution in [0.15, 0.2) is 0 Å². The molecule has 1 amide bonds. The van der Waals surface area contributed by atoms with Crippen LogP contribution >= 0.6 is 0 Å². The molecule has 0 aromatic heterocycles. The first-order chi connectivity index (χ1) is 7.25. The van der Waals surface area contributed by atoms with E-state index in [1.165, 1.54) is 6.42 Å². The van der Waals surface area contributed by atoms with Gasteiger partial charge in [-0.25, -0.2) is 4.39 Å². The third kappa shape index (κ3) is 1.65. The van der Waals surface area contributed by atoms with Gasteiger partial charge in [-0.3, -0.25) is 4.79 Å². The van der Waals surface area contributed by atoms with Crippen molar-refractivity contribution in [3.8, 4) is 0 Å². The van der Waals surface area contributed by atoms with E-state index in [0.717, 1.165) is 26.1 Å². The summed E-state index contributed by atoms with van der Waals surface area (Å²) in [5.41, 5.74) is 0. The van der Waals surface area contributed by atoms with Gasteiger partial charge in [-0.05, 0) is 31.7 Å². The van der Waals surface area contributed by atoms with Crippen LogP contribution in [0.5, 0.6) is 0 Å². The van der Waals surface area contributed by atoms with Crippen LogP contribution in [0, 0.1) is 11.8 Å². The summed E-state index contributed by atoms with van der Waals surface area (Å²) >= 11 is 0. The number of nitrogens with one attached hydrogen (secondary N) is 1. The molecule has 3 nitrogen and oxygen atoms in total. The lowest BCUT2D eigenvalue weighted by molar-refractivity contribution is -0.137. The first kappa shape index (κ1) is 9.58. The molecule has 3 unspecified atom stereocenters. The molecule has 84 valence electrons. The second-order valence-corrected chi connectivity index (χ2v) is 5.10. The fourth-order valence-electron chi connectivity index (χ4n) is 2.84. The summed E-state index contributed by atoms with van der Waals surface area (Å²) in [5.74, 6) is 0.356. The number of halogens is 1. The van der Waals surface area contributed by atoms with Gasteiger partial charge in [-0.1, -0.05) is 0 Å². The van der Waals surface area contributed by atoms with Crippen molar-refractivity contribution in [3.05, 3.63) is 0 Å². The van der Waals surface area contributed by atoms with Crippen LogP contribution in [0.1, 0.15) is 19.3 Å². The lowest BCUT2D eigenvalue weighted by Crippen LogP contribution is -2.48. The van der Waals surface area contributed by atoms with E-state index < -0.39 is 6.17 Å². The third-order valence-electron chi connectivity index (χ3n) is 3.93. The Morgan fingerprint density at radius 2 is 2.13 bits per heavy atom. The maximum atomic E-state index is 12.9. The Bertz CT molecular complexity index is 280. The van der Waals surface area contributed by atoms with Crippen LogP contribution in [-0.4, -0.2) is 42.7 Å². The van der Waals surface area contributed by atoms with Crippen molar-refractivity contribution in [2.24, 2.45) is 11.8 Å². The molecule has 0 aromatic carbocycles. The van der Waals surface area contributed by atoms with Gasteiger partial charge in [0.25, 0.3) is 0 Å². The summed E-state index contributed by atoms with van der Waals surface area (Å²) in [6.07, 6.45) is 1.91. The zero-order valence-corrected chi connectivity index (χ0v) is 8.79. The van der Waals surface area contributed by atoms with E-state index in [9.17, 15) is 9.18 Å². The van der Waals surface area contributed by atoms with E-state index in [1.807, 2.05) is 4.90 Å². The zero-order valence-electron chi connectivity index (χ0n) is 8.79. The van der Waals surface area contributed by atoms with Gasteiger partial charge in [0.2, 0.25) is 5.91 Å². The Balaban J connectivity index is 1.72. The van der Waals surface area contributed by atoms with Crippen molar-refractivity contribution in [2.75, 3.05) is 19.6 Å². The zero-order chi connectivity index (χ0) is 10.4. The van der Waals surface area contributed by atoms with Crippen molar-refractivity contribution in [2.45, 2.75) is 31.5 Å². The number of nitrogens with zero attached hydrogens (tertiary/aromatic N) is 1. The molecule has 2 bridgehead atoms. The molecule has 3 saturated heterocycles. The predicted molar refractivity (Wildman–Crippen MR) is 54.1 cm³/mol. The van der Waals surface area contributed by atoms with Gasteiger partial charge in [0.1, 0.15) is 6.17 Å². The summed E-state index contributed by atoms with van der Waals surface area (Å²) in [4.78, 5) is 13.9.